The normalized spacial score (nSPS) is 15.0. The molecule has 0 spiro atoms. The predicted molar refractivity (Wildman–Crippen MR) is 61.5 cm³/mol. The van der Waals surface area contributed by atoms with Crippen molar-refractivity contribution in [2.75, 3.05) is 5.75 Å². The molecule has 0 amide bonds. The van der Waals surface area contributed by atoms with E-state index in [1.54, 1.807) is 16.3 Å². The highest BCUT2D eigenvalue weighted by Crippen LogP contribution is 2.20. The first kappa shape index (κ1) is 10.5. The minimum Gasteiger partial charge on any atom is -0.297 e. The minimum atomic E-state index is -0.257. The highest BCUT2D eigenvalue weighted by atomic mass is 32.2. The maximum absolute atomic E-state index is 11.6. The molecule has 4 nitrogen and oxygen atoms in total. The molecule has 1 aliphatic rings. The molecule has 15 heavy (non-hydrogen) atoms. The number of nitrogens with zero attached hydrogens (tertiary/aromatic N) is 1. The highest BCUT2D eigenvalue weighted by molar-refractivity contribution is 7.98. The van der Waals surface area contributed by atoms with Crippen molar-refractivity contribution in [3.63, 3.8) is 0 Å². The van der Waals surface area contributed by atoms with Crippen molar-refractivity contribution in [1.82, 2.24) is 9.55 Å². The molecule has 0 aromatic carbocycles. The molecule has 0 unspecified atom stereocenters. The van der Waals surface area contributed by atoms with E-state index in [0.29, 0.717) is 6.54 Å². The standard InChI is InChI=1S/C10H14N2O2S/c1-2-4-12-8-3-5-15-6-7(8)9(13)11-10(12)14/h2-6H2,1H3,(H,11,13,14). The molecule has 0 fully saturated rings. The van der Waals surface area contributed by atoms with E-state index < -0.39 is 0 Å². The maximum Gasteiger partial charge on any atom is 0.328 e. The van der Waals surface area contributed by atoms with E-state index in [1.165, 1.54) is 0 Å². The SMILES string of the molecule is CCCn1c2c(c(=O)[nH]c1=O)CSCC2. The molecule has 0 atom stereocenters. The van der Waals surface area contributed by atoms with Gasteiger partial charge in [-0.1, -0.05) is 6.92 Å². The fraction of sp³-hybridized carbons (Fsp3) is 0.600. The van der Waals surface area contributed by atoms with Crippen molar-refractivity contribution in [1.29, 1.82) is 0 Å². The van der Waals surface area contributed by atoms with Crippen LogP contribution in [-0.2, 0) is 18.7 Å². The average Bonchev–Trinajstić information content (AvgIpc) is 2.24. The molecule has 2 heterocycles. The molecule has 1 aromatic rings. The number of H-pyrrole nitrogens is 1. The summed E-state index contributed by atoms with van der Waals surface area (Å²) in [6.45, 7) is 2.73. The van der Waals surface area contributed by atoms with Crippen LogP contribution in [0.1, 0.15) is 24.6 Å². The highest BCUT2D eigenvalue weighted by Gasteiger charge is 2.17. The zero-order chi connectivity index (χ0) is 10.8. The van der Waals surface area contributed by atoms with Crippen LogP contribution in [0.25, 0.3) is 0 Å². The van der Waals surface area contributed by atoms with Gasteiger partial charge < -0.3 is 0 Å². The maximum atomic E-state index is 11.6. The number of hydrogen-bond donors (Lipinski definition) is 1. The second-order valence-corrected chi connectivity index (χ2v) is 4.74. The third-order valence-corrected chi connectivity index (χ3v) is 3.58. The smallest absolute Gasteiger partial charge is 0.297 e. The Morgan fingerprint density at radius 1 is 1.47 bits per heavy atom. The lowest BCUT2D eigenvalue weighted by atomic mass is 10.2. The lowest BCUT2D eigenvalue weighted by Gasteiger charge is -2.18. The van der Waals surface area contributed by atoms with Crippen LogP contribution in [0.2, 0.25) is 0 Å². The average molecular weight is 226 g/mol. The number of hydrogen-bond acceptors (Lipinski definition) is 3. The third kappa shape index (κ3) is 1.88. The summed E-state index contributed by atoms with van der Waals surface area (Å²) in [5.74, 6) is 1.73. The van der Waals surface area contributed by atoms with E-state index in [0.717, 1.165) is 35.6 Å². The van der Waals surface area contributed by atoms with Gasteiger partial charge in [-0.05, 0) is 18.6 Å². The van der Waals surface area contributed by atoms with Gasteiger partial charge in [0.2, 0.25) is 0 Å². The number of thioether (sulfide) groups is 1. The van der Waals surface area contributed by atoms with Crippen LogP contribution < -0.4 is 11.2 Å². The van der Waals surface area contributed by atoms with Gasteiger partial charge in [0.05, 0.1) is 0 Å². The molecular formula is C10H14N2O2S. The van der Waals surface area contributed by atoms with Crippen LogP contribution in [0.3, 0.4) is 0 Å². The Morgan fingerprint density at radius 2 is 2.27 bits per heavy atom. The van der Waals surface area contributed by atoms with Gasteiger partial charge >= 0.3 is 5.69 Å². The molecular weight excluding hydrogens is 212 g/mol. The summed E-state index contributed by atoms with van der Waals surface area (Å²) in [7, 11) is 0. The largest absolute Gasteiger partial charge is 0.328 e. The Labute approximate surface area is 91.7 Å². The second-order valence-electron chi connectivity index (χ2n) is 3.64. The number of rotatable bonds is 2. The van der Waals surface area contributed by atoms with Crippen molar-refractivity contribution in [3.8, 4) is 0 Å². The molecule has 0 saturated carbocycles. The van der Waals surface area contributed by atoms with E-state index in [1.807, 2.05) is 6.92 Å². The van der Waals surface area contributed by atoms with Gasteiger partial charge in [-0.3, -0.25) is 14.3 Å². The Balaban J connectivity index is 2.63. The van der Waals surface area contributed by atoms with Crippen molar-refractivity contribution in [2.45, 2.75) is 32.1 Å². The number of aromatic amines is 1. The van der Waals surface area contributed by atoms with Crippen molar-refractivity contribution >= 4 is 11.8 Å². The number of aromatic nitrogens is 2. The van der Waals surface area contributed by atoms with Crippen LogP contribution in [0.4, 0.5) is 0 Å². The van der Waals surface area contributed by atoms with Crippen LogP contribution in [0.5, 0.6) is 0 Å². The molecule has 0 bridgehead atoms. The van der Waals surface area contributed by atoms with Gasteiger partial charge in [-0.2, -0.15) is 11.8 Å². The Morgan fingerprint density at radius 3 is 3.00 bits per heavy atom. The Hall–Kier alpha value is -0.970. The van der Waals surface area contributed by atoms with Gasteiger partial charge in [0, 0.05) is 23.6 Å². The zero-order valence-electron chi connectivity index (χ0n) is 8.71. The predicted octanol–water partition coefficient (Wildman–Crippen LogP) is 0.736. The van der Waals surface area contributed by atoms with E-state index in [4.69, 9.17) is 0 Å². The van der Waals surface area contributed by atoms with E-state index >= 15 is 0 Å². The molecule has 1 aromatic heterocycles. The van der Waals surface area contributed by atoms with Crippen LogP contribution in [-0.4, -0.2) is 15.3 Å². The first-order valence-electron chi connectivity index (χ1n) is 5.16. The third-order valence-electron chi connectivity index (χ3n) is 2.59. The van der Waals surface area contributed by atoms with Gasteiger partial charge in [-0.15, -0.1) is 0 Å². The van der Waals surface area contributed by atoms with Crippen molar-refractivity contribution < 1.29 is 0 Å². The van der Waals surface area contributed by atoms with E-state index in [-0.39, 0.29) is 11.2 Å². The molecule has 0 radical (unpaired) electrons. The molecule has 1 aliphatic heterocycles. The first-order valence-corrected chi connectivity index (χ1v) is 6.32. The molecule has 0 aliphatic carbocycles. The zero-order valence-corrected chi connectivity index (χ0v) is 9.52. The van der Waals surface area contributed by atoms with Crippen LogP contribution in [0, 0.1) is 0 Å². The van der Waals surface area contributed by atoms with Crippen LogP contribution >= 0.6 is 11.8 Å². The fourth-order valence-corrected chi connectivity index (χ4v) is 2.88. The molecule has 82 valence electrons. The monoisotopic (exact) mass is 226 g/mol. The van der Waals surface area contributed by atoms with Crippen molar-refractivity contribution in [3.05, 3.63) is 32.1 Å². The molecule has 1 N–H and O–H groups in total. The van der Waals surface area contributed by atoms with Gasteiger partial charge in [0.25, 0.3) is 5.56 Å². The topological polar surface area (TPSA) is 54.9 Å². The quantitative estimate of drug-likeness (QED) is 0.809. The van der Waals surface area contributed by atoms with Gasteiger partial charge in [-0.25, -0.2) is 4.79 Å². The summed E-state index contributed by atoms with van der Waals surface area (Å²) in [5.41, 5.74) is 1.28. The van der Waals surface area contributed by atoms with Gasteiger partial charge in [0.1, 0.15) is 0 Å². The summed E-state index contributed by atoms with van der Waals surface area (Å²) in [4.78, 5) is 25.6. The lowest BCUT2D eigenvalue weighted by molar-refractivity contribution is 0.594. The van der Waals surface area contributed by atoms with Crippen LogP contribution in [0.15, 0.2) is 9.59 Å². The number of fused-ring (bicyclic) bond motifs is 1. The van der Waals surface area contributed by atoms with Gasteiger partial charge in [0.15, 0.2) is 0 Å². The summed E-state index contributed by atoms with van der Waals surface area (Å²) in [6, 6.07) is 0. The Kier molecular flexibility index (Phi) is 3.00. The van der Waals surface area contributed by atoms with Crippen molar-refractivity contribution in [2.24, 2.45) is 0 Å². The van der Waals surface area contributed by atoms with E-state index in [9.17, 15) is 9.59 Å². The molecule has 0 saturated heterocycles. The summed E-state index contributed by atoms with van der Waals surface area (Å²) in [5, 5.41) is 0. The Bertz CT molecular complexity index is 475. The number of nitrogens with one attached hydrogen (secondary N) is 1. The first-order chi connectivity index (χ1) is 7.24. The molecule has 2 rings (SSSR count). The van der Waals surface area contributed by atoms with E-state index in [2.05, 4.69) is 4.98 Å². The lowest BCUT2D eigenvalue weighted by Crippen LogP contribution is -2.36. The summed E-state index contributed by atoms with van der Waals surface area (Å²) in [6.07, 6.45) is 1.74. The minimum absolute atomic E-state index is 0.199. The summed E-state index contributed by atoms with van der Waals surface area (Å²) >= 11 is 1.75. The summed E-state index contributed by atoms with van der Waals surface area (Å²) < 4.78 is 1.72. The molecule has 5 heteroatoms. The fourth-order valence-electron chi connectivity index (χ4n) is 1.89. The second kappa shape index (κ2) is 4.26.